The van der Waals surface area contributed by atoms with Crippen LogP contribution >= 0.6 is 0 Å². The van der Waals surface area contributed by atoms with Crippen molar-refractivity contribution in [1.82, 2.24) is 9.78 Å². The van der Waals surface area contributed by atoms with Gasteiger partial charge >= 0.3 is 0 Å². The van der Waals surface area contributed by atoms with E-state index >= 15 is 0 Å². The molecular formula is C18H13F2N3O2. The normalized spacial score (nSPS) is 10.5. The molecular weight excluding hydrogens is 328 g/mol. The number of benzene rings is 2. The Kier molecular flexibility index (Phi) is 4.65. The first-order chi connectivity index (χ1) is 12.0. The summed E-state index contributed by atoms with van der Waals surface area (Å²) in [6, 6.07) is 13.9. The smallest absolute Gasteiger partial charge is 0.267 e. The summed E-state index contributed by atoms with van der Waals surface area (Å²) in [5.41, 5.74) is 0.376. The van der Waals surface area contributed by atoms with Crippen molar-refractivity contribution < 1.29 is 13.6 Å². The Morgan fingerprint density at radius 2 is 1.72 bits per heavy atom. The lowest BCUT2D eigenvalue weighted by molar-refractivity contribution is -0.117. The third kappa shape index (κ3) is 3.95. The van der Waals surface area contributed by atoms with Crippen LogP contribution < -0.4 is 10.9 Å². The molecule has 0 saturated heterocycles. The van der Waals surface area contributed by atoms with E-state index in [2.05, 4.69) is 10.4 Å². The average molecular weight is 341 g/mol. The highest BCUT2D eigenvalue weighted by Crippen LogP contribution is 2.18. The standard InChI is InChI=1S/C18H13F2N3O2/c19-12-5-7-13(8-6-12)21-17(24)11-23-18(25)10-9-16(22-23)14-3-1-2-4-15(14)20/h1-10H,11H2,(H,21,24). The van der Waals surface area contributed by atoms with Crippen LogP contribution in [0, 0.1) is 11.6 Å². The van der Waals surface area contributed by atoms with Crippen LogP contribution in [-0.2, 0) is 11.3 Å². The van der Waals surface area contributed by atoms with Crippen molar-refractivity contribution >= 4 is 11.6 Å². The predicted octanol–water partition coefficient (Wildman–Crippen LogP) is 2.83. The Morgan fingerprint density at radius 3 is 2.44 bits per heavy atom. The summed E-state index contributed by atoms with van der Waals surface area (Å²) in [5, 5.41) is 6.58. The molecule has 0 atom stereocenters. The first-order valence-corrected chi connectivity index (χ1v) is 7.41. The van der Waals surface area contributed by atoms with Crippen LogP contribution in [0.1, 0.15) is 0 Å². The molecule has 126 valence electrons. The van der Waals surface area contributed by atoms with Gasteiger partial charge < -0.3 is 5.32 Å². The maximum atomic E-state index is 13.9. The van der Waals surface area contributed by atoms with Crippen LogP contribution in [0.5, 0.6) is 0 Å². The second-order valence-corrected chi connectivity index (χ2v) is 5.25. The number of amides is 1. The zero-order chi connectivity index (χ0) is 17.8. The van der Waals surface area contributed by atoms with E-state index in [4.69, 9.17) is 0 Å². The molecule has 0 aliphatic heterocycles. The Hall–Kier alpha value is -3.35. The van der Waals surface area contributed by atoms with Gasteiger partial charge in [-0.15, -0.1) is 0 Å². The molecule has 0 radical (unpaired) electrons. The lowest BCUT2D eigenvalue weighted by Gasteiger charge is -2.08. The average Bonchev–Trinajstić information content (AvgIpc) is 2.59. The van der Waals surface area contributed by atoms with Crippen molar-refractivity contribution in [2.45, 2.75) is 6.54 Å². The van der Waals surface area contributed by atoms with E-state index in [-0.39, 0.29) is 17.8 Å². The van der Waals surface area contributed by atoms with Gasteiger partial charge in [0.2, 0.25) is 5.91 Å². The maximum absolute atomic E-state index is 13.9. The third-order valence-corrected chi connectivity index (χ3v) is 3.44. The van der Waals surface area contributed by atoms with Crippen molar-refractivity contribution in [3.8, 4) is 11.3 Å². The van der Waals surface area contributed by atoms with Crippen LogP contribution in [0.15, 0.2) is 65.5 Å². The summed E-state index contributed by atoms with van der Waals surface area (Å²) in [6.45, 7) is -0.349. The molecule has 3 rings (SSSR count). The third-order valence-electron chi connectivity index (χ3n) is 3.44. The van der Waals surface area contributed by atoms with Crippen molar-refractivity contribution in [3.05, 3.63) is 82.7 Å². The van der Waals surface area contributed by atoms with Crippen molar-refractivity contribution in [2.24, 2.45) is 0 Å². The Labute approximate surface area is 141 Å². The van der Waals surface area contributed by atoms with E-state index in [9.17, 15) is 18.4 Å². The van der Waals surface area contributed by atoms with Crippen molar-refractivity contribution in [2.75, 3.05) is 5.32 Å². The molecule has 7 heteroatoms. The molecule has 25 heavy (non-hydrogen) atoms. The number of rotatable bonds is 4. The minimum atomic E-state index is -0.508. The molecule has 0 spiro atoms. The fourth-order valence-electron chi connectivity index (χ4n) is 2.24. The van der Waals surface area contributed by atoms with E-state index in [1.165, 1.54) is 48.5 Å². The number of aromatic nitrogens is 2. The van der Waals surface area contributed by atoms with E-state index in [1.54, 1.807) is 12.1 Å². The first-order valence-electron chi connectivity index (χ1n) is 7.41. The molecule has 1 heterocycles. The van der Waals surface area contributed by atoms with E-state index in [0.717, 1.165) is 4.68 Å². The van der Waals surface area contributed by atoms with E-state index < -0.39 is 23.1 Å². The highest BCUT2D eigenvalue weighted by molar-refractivity contribution is 5.90. The summed E-state index contributed by atoms with van der Waals surface area (Å²) in [7, 11) is 0. The van der Waals surface area contributed by atoms with Crippen molar-refractivity contribution in [3.63, 3.8) is 0 Å². The number of halogens is 2. The van der Waals surface area contributed by atoms with Gasteiger partial charge in [0.25, 0.3) is 5.56 Å². The SMILES string of the molecule is O=C(Cn1nc(-c2ccccc2F)ccc1=O)Nc1ccc(F)cc1. The Morgan fingerprint density at radius 1 is 1.00 bits per heavy atom. The minimum Gasteiger partial charge on any atom is -0.324 e. The van der Waals surface area contributed by atoms with Gasteiger partial charge in [0.15, 0.2) is 0 Å². The number of hydrogen-bond donors (Lipinski definition) is 1. The molecule has 1 aromatic heterocycles. The molecule has 2 aromatic carbocycles. The first kappa shape index (κ1) is 16.5. The summed E-state index contributed by atoms with van der Waals surface area (Å²) in [6.07, 6.45) is 0. The van der Waals surface area contributed by atoms with Gasteiger partial charge in [-0.3, -0.25) is 9.59 Å². The van der Waals surface area contributed by atoms with Gasteiger partial charge in [0.1, 0.15) is 18.2 Å². The Balaban J connectivity index is 1.81. The van der Waals surface area contributed by atoms with Gasteiger partial charge in [-0.1, -0.05) is 12.1 Å². The molecule has 1 amide bonds. The zero-order valence-electron chi connectivity index (χ0n) is 12.9. The summed E-state index contributed by atoms with van der Waals surface area (Å²) < 4.78 is 27.7. The molecule has 1 N–H and O–H groups in total. The number of anilines is 1. The topological polar surface area (TPSA) is 64.0 Å². The molecule has 0 bridgehead atoms. The monoisotopic (exact) mass is 341 g/mol. The van der Waals surface area contributed by atoms with Crippen LogP contribution in [0.3, 0.4) is 0 Å². The van der Waals surface area contributed by atoms with E-state index in [1.807, 2.05) is 0 Å². The number of carbonyl (C=O) groups excluding carboxylic acids is 1. The van der Waals surface area contributed by atoms with Crippen LogP contribution in [-0.4, -0.2) is 15.7 Å². The molecule has 0 unspecified atom stereocenters. The van der Waals surface area contributed by atoms with Crippen LogP contribution in [0.4, 0.5) is 14.5 Å². The summed E-state index contributed by atoms with van der Waals surface area (Å²) >= 11 is 0. The molecule has 3 aromatic rings. The van der Waals surface area contributed by atoms with Gasteiger partial charge in [-0.2, -0.15) is 5.10 Å². The van der Waals surface area contributed by atoms with Gasteiger partial charge in [0, 0.05) is 17.3 Å². The Bertz CT molecular complexity index is 969. The molecule has 0 aliphatic rings. The van der Waals surface area contributed by atoms with Gasteiger partial charge in [-0.25, -0.2) is 13.5 Å². The largest absolute Gasteiger partial charge is 0.324 e. The fourth-order valence-corrected chi connectivity index (χ4v) is 2.24. The van der Waals surface area contributed by atoms with Crippen LogP contribution in [0.2, 0.25) is 0 Å². The summed E-state index contributed by atoms with van der Waals surface area (Å²) in [5.74, 6) is -1.41. The fraction of sp³-hybridized carbons (Fsp3) is 0.0556. The van der Waals surface area contributed by atoms with Crippen LogP contribution in [0.25, 0.3) is 11.3 Å². The molecule has 5 nitrogen and oxygen atoms in total. The molecule has 0 saturated carbocycles. The predicted molar refractivity (Wildman–Crippen MR) is 88.9 cm³/mol. The quantitative estimate of drug-likeness (QED) is 0.794. The second-order valence-electron chi connectivity index (χ2n) is 5.25. The number of carbonyl (C=O) groups is 1. The zero-order valence-corrected chi connectivity index (χ0v) is 12.9. The minimum absolute atomic E-state index is 0.232. The second kappa shape index (κ2) is 7.04. The number of hydrogen-bond acceptors (Lipinski definition) is 3. The highest BCUT2D eigenvalue weighted by Gasteiger charge is 2.10. The van der Waals surface area contributed by atoms with Gasteiger partial charge in [0.05, 0.1) is 5.69 Å². The maximum Gasteiger partial charge on any atom is 0.267 e. The van der Waals surface area contributed by atoms with E-state index in [0.29, 0.717) is 5.69 Å². The number of nitrogens with one attached hydrogen (secondary N) is 1. The lowest BCUT2D eigenvalue weighted by Crippen LogP contribution is -2.29. The summed E-state index contributed by atoms with van der Waals surface area (Å²) in [4.78, 5) is 24.0. The highest BCUT2D eigenvalue weighted by atomic mass is 19.1. The molecule has 0 aliphatic carbocycles. The lowest BCUT2D eigenvalue weighted by atomic mass is 10.1. The molecule has 0 fully saturated rings. The number of nitrogens with zero attached hydrogens (tertiary/aromatic N) is 2. The van der Waals surface area contributed by atoms with Crippen molar-refractivity contribution in [1.29, 1.82) is 0 Å². The van der Waals surface area contributed by atoms with Gasteiger partial charge in [-0.05, 0) is 42.5 Å².